The highest BCUT2D eigenvalue weighted by molar-refractivity contribution is 7.13. The van der Waals surface area contributed by atoms with E-state index in [0.29, 0.717) is 5.82 Å². The molecule has 0 saturated heterocycles. The maximum absolute atomic E-state index is 12.8. The minimum Gasteiger partial charge on any atom is -0.257 e. The van der Waals surface area contributed by atoms with Crippen LogP contribution in [0.15, 0.2) is 36.0 Å². The molecule has 92 valence electrons. The third kappa shape index (κ3) is 2.39. The third-order valence-electron chi connectivity index (χ3n) is 2.26. The summed E-state index contributed by atoms with van der Waals surface area (Å²) in [6, 6.07) is 6.24. The Kier molecular flexibility index (Phi) is 3.69. The zero-order chi connectivity index (χ0) is 11.7. The van der Waals surface area contributed by atoms with Crippen molar-refractivity contribution >= 4 is 23.7 Å². The molecule has 0 aliphatic heterocycles. The molecule has 0 saturated carbocycles. The number of hydrogen-bond donors (Lipinski definition) is 1. The van der Waals surface area contributed by atoms with Crippen molar-refractivity contribution < 1.29 is 4.39 Å². The molecular weight excluding hydrogens is 275 g/mol. The fourth-order valence-corrected chi connectivity index (χ4v) is 2.22. The molecule has 0 bridgehead atoms. The molecule has 1 aromatic carbocycles. The van der Waals surface area contributed by atoms with Gasteiger partial charge in [0, 0.05) is 10.9 Å². The van der Waals surface area contributed by atoms with Gasteiger partial charge in [-0.15, -0.1) is 23.7 Å². The van der Waals surface area contributed by atoms with E-state index < -0.39 is 0 Å². The minimum atomic E-state index is -0.251. The van der Waals surface area contributed by atoms with Crippen LogP contribution in [0.4, 0.5) is 4.39 Å². The summed E-state index contributed by atoms with van der Waals surface area (Å²) < 4.78 is 12.8. The predicted octanol–water partition coefficient (Wildman–Crippen LogP) is 3.16. The molecule has 1 N–H and O–H groups in total. The summed E-state index contributed by atoms with van der Waals surface area (Å²) in [6.45, 7) is 0. The Balaban J connectivity index is 0.00000120. The van der Waals surface area contributed by atoms with E-state index in [2.05, 4.69) is 20.2 Å². The second-order valence-corrected chi connectivity index (χ2v) is 4.24. The molecule has 2 aromatic heterocycles. The lowest BCUT2D eigenvalue weighted by Crippen LogP contribution is -1.82. The van der Waals surface area contributed by atoms with Crippen molar-refractivity contribution in [2.45, 2.75) is 0 Å². The number of H-pyrrole nitrogens is 1. The van der Waals surface area contributed by atoms with Gasteiger partial charge in [-0.1, -0.05) is 0 Å². The fourth-order valence-electron chi connectivity index (χ4n) is 1.44. The first-order valence-corrected chi connectivity index (χ1v) is 5.78. The Hall–Kier alpha value is -1.79. The highest BCUT2D eigenvalue weighted by atomic mass is 35.5. The average molecular weight is 283 g/mol. The number of halogens is 2. The molecule has 0 amide bonds. The first-order valence-electron chi connectivity index (χ1n) is 4.90. The van der Waals surface area contributed by atoms with Crippen molar-refractivity contribution in [3.05, 3.63) is 41.8 Å². The van der Waals surface area contributed by atoms with Crippen LogP contribution in [0, 0.1) is 5.82 Å². The monoisotopic (exact) mass is 282 g/mol. The molecule has 0 fully saturated rings. The molecule has 3 aromatic rings. The summed E-state index contributed by atoms with van der Waals surface area (Å²) in [6.07, 6.45) is 1.44. The summed E-state index contributed by atoms with van der Waals surface area (Å²) in [5, 5.41) is 9.20. The highest BCUT2D eigenvalue weighted by Gasteiger charge is 2.08. The number of nitrogens with one attached hydrogen (secondary N) is 1. The van der Waals surface area contributed by atoms with Crippen LogP contribution in [-0.2, 0) is 0 Å². The molecule has 0 spiro atoms. The van der Waals surface area contributed by atoms with Crippen LogP contribution in [0.3, 0.4) is 0 Å². The van der Waals surface area contributed by atoms with Crippen LogP contribution >= 0.6 is 23.7 Å². The Morgan fingerprint density at radius 3 is 2.61 bits per heavy atom. The molecule has 0 aliphatic rings. The largest absolute Gasteiger partial charge is 0.257 e. The number of aromatic amines is 1. The first kappa shape index (κ1) is 12.7. The number of aromatic nitrogens is 4. The van der Waals surface area contributed by atoms with E-state index in [0.717, 1.165) is 16.3 Å². The second-order valence-electron chi connectivity index (χ2n) is 3.38. The Labute approximate surface area is 112 Å². The quantitative estimate of drug-likeness (QED) is 0.785. The molecule has 0 atom stereocenters. The fraction of sp³-hybridized carbons (Fsp3) is 0. The van der Waals surface area contributed by atoms with Crippen molar-refractivity contribution in [2.24, 2.45) is 0 Å². The molecule has 18 heavy (non-hydrogen) atoms. The van der Waals surface area contributed by atoms with Gasteiger partial charge in [-0.05, 0) is 24.3 Å². The van der Waals surface area contributed by atoms with Gasteiger partial charge in [0.05, 0.1) is 5.69 Å². The van der Waals surface area contributed by atoms with Crippen LogP contribution in [-0.4, -0.2) is 20.2 Å². The smallest absolute Gasteiger partial charge is 0.184 e. The minimum absolute atomic E-state index is 0. The zero-order valence-electron chi connectivity index (χ0n) is 9.00. The SMILES string of the molecule is Cl.Fc1ccc(-c2csc(-c3ncn[nH]3)n2)cc1. The van der Waals surface area contributed by atoms with Crippen LogP contribution in [0.25, 0.3) is 22.1 Å². The van der Waals surface area contributed by atoms with Gasteiger partial charge < -0.3 is 0 Å². The average Bonchev–Trinajstić information content (AvgIpc) is 3.00. The van der Waals surface area contributed by atoms with Crippen LogP contribution in [0.1, 0.15) is 0 Å². The van der Waals surface area contributed by atoms with Crippen molar-refractivity contribution in [1.82, 2.24) is 20.2 Å². The molecule has 2 heterocycles. The van der Waals surface area contributed by atoms with Crippen molar-refractivity contribution in [3.8, 4) is 22.1 Å². The van der Waals surface area contributed by atoms with Crippen molar-refractivity contribution in [1.29, 1.82) is 0 Å². The summed E-state index contributed by atoms with van der Waals surface area (Å²) in [5.74, 6) is 0.391. The van der Waals surface area contributed by atoms with E-state index in [4.69, 9.17) is 0 Å². The van der Waals surface area contributed by atoms with Gasteiger partial charge >= 0.3 is 0 Å². The van der Waals surface area contributed by atoms with E-state index in [1.54, 1.807) is 12.1 Å². The number of hydrogen-bond acceptors (Lipinski definition) is 4. The van der Waals surface area contributed by atoms with Gasteiger partial charge in [0.1, 0.15) is 12.1 Å². The summed E-state index contributed by atoms with van der Waals surface area (Å²) in [4.78, 5) is 8.44. The molecule has 0 unspecified atom stereocenters. The molecule has 0 aliphatic carbocycles. The standard InChI is InChI=1S/C11H7FN4S.ClH/c12-8-3-1-7(2-4-8)9-5-17-11(15-9)10-13-6-14-16-10;/h1-6H,(H,13,14,16);1H. The lowest BCUT2D eigenvalue weighted by molar-refractivity contribution is 0.628. The normalized spacial score (nSPS) is 10.1. The van der Waals surface area contributed by atoms with E-state index in [1.807, 2.05) is 5.38 Å². The van der Waals surface area contributed by atoms with Gasteiger partial charge in [0.2, 0.25) is 0 Å². The van der Waals surface area contributed by atoms with Crippen LogP contribution in [0.5, 0.6) is 0 Å². The lowest BCUT2D eigenvalue weighted by Gasteiger charge is -1.95. The van der Waals surface area contributed by atoms with Crippen LogP contribution in [0.2, 0.25) is 0 Å². The third-order valence-corrected chi connectivity index (χ3v) is 3.11. The topological polar surface area (TPSA) is 54.5 Å². The summed E-state index contributed by atoms with van der Waals surface area (Å²) >= 11 is 1.47. The Morgan fingerprint density at radius 1 is 1.17 bits per heavy atom. The summed E-state index contributed by atoms with van der Waals surface area (Å²) in [5.41, 5.74) is 1.69. The summed E-state index contributed by atoms with van der Waals surface area (Å²) in [7, 11) is 0. The number of nitrogens with zero attached hydrogens (tertiary/aromatic N) is 3. The van der Waals surface area contributed by atoms with Gasteiger partial charge in [0.25, 0.3) is 0 Å². The Morgan fingerprint density at radius 2 is 1.94 bits per heavy atom. The van der Waals surface area contributed by atoms with Crippen molar-refractivity contribution in [2.75, 3.05) is 0 Å². The molecule has 3 rings (SSSR count). The number of benzene rings is 1. The van der Waals surface area contributed by atoms with Gasteiger partial charge in [-0.3, -0.25) is 5.10 Å². The first-order chi connectivity index (χ1) is 8.33. The van der Waals surface area contributed by atoms with Crippen LogP contribution < -0.4 is 0 Å². The Bertz CT molecular complexity index is 621. The molecule has 7 heteroatoms. The van der Waals surface area contributed by atoms with Gasteiger partial charge in [-0.25, -0.2) is 14.4 Å². The highest BCUT2D eigenvalue weighted by Crippen LogP contribution is 2.26. The zero-order valence-corrected chi connectivity index (χ0v) is 10.6. The molecule has 0 radical (unpaired) electrons. The maximum Gasteiger partial charge on any atom is 0.184 e. The molecular formula is C11H8ClFN4S. The van der Waals surface area contributed by atoms with Gasteiger partial charge in [0.15, 0.2) is 10.8 Å². The van der Waals surface area contributed by atoms with Gasteiger partial charge in [-0.2, -0.15) is 5.10 Å². The second kappa shape index (κ2) is 5.24. The van der Waals surface area contributed by atoms with E-state index >= 15 is 0 Å². The van der Waals surface area contributed by atoms with E-state index in [9.17, 15) is 4.39 Å². The molecule has 4 nitrogen and oxygen atoms in total. The van der Waals surface area contributed by atoms with E-state index in [1.165, 1.54) is 29.8 Å². The predicted molar refractivity (Wildman–Crippen MR) is 70.1 cm³/mol. The number of thiazole rings is 1. The number of rotatable bonds is 2. The van der Waals surface area contributed by atoms with E-state index in [-0.39, 0.29) is 18.2 Å². The lowest BCUT2D eigenvalue weighted by atomic mass is 10.2. The van der Waals surface area contributed by atoms with Crippen molar-refractivity contribution in [3.63, 3.8) is 0 Å². The maximum atomic E-state index is 12.8.